The van der Waals surface area contributed by atoms with Gasteiger partial charge in [0.1, 0.15) is 47.3 Å². The molecule has 188 valence electrons. The van der Waals surface area contributed by atoms with E-state index in [-0.39, 0.29) is 22.8 Å². The molecule has 2 aliphatic rings. The second-order valence-electron chi connectivity index (χ2n) is 8.66. The van der Waals surface area contributed by atoms with Gasteiger partial charge in [0.05, 0.1) is 12.7 Å². The van der Waals surface area contributed by atoms with Crippen molar-refractivity contribution in [2.24, 2.45) is 0 Å². The number of benzene rings is 1. The summed E-state index contributed by atoms with van der Waals surface area (Å²) >= 11 is 0. The first-order valence-electron chi connectivity index (χ1n) is 11.4. The summed E-state index contributed by atoms with van der Waals surface area (Å²) in [7, 11) is 0. The molecule has 0 amide bonds. The normalized spacial score (nSPS) is 32.3. The van der Waals surface area contributed by atoms with Crippen molar-refractivity contribution < 1.29 is 49.3 Å². The van der Waals surface area contributed by atoms with E-state index in [1.807, 2.05) is 0 Å². The Hall–Kier alpha value is -2.50. The first-order valence-corrected chi connectivity index (χ1v) is 11.4. The third-order valence-corrected chi connectivity index (χ3v) is 5.91. The van der Waals surface area contributed by atoms with Crippen LogP contribution in [0.1, 0.15) is 61.4 Å². The van der Waals surface area contributed by atoms with Gasteiger partial charge < -0.3 is 39.7 Å². The molecule has 0 unspecified atom stereocenters. The zero-order chi connectivity index (χ0) is 24.8. The highest BCUT2D eigenvalue weighted by atomic mass is 16.7. The average Bonchev–Trinajstić information content (AvgIpc) is 2.78. The van der Waals surface area contributed by atoms with E-state index < -0.39 is 49.4 Å². The number of carbonyl (C=O) groups is 2. The number of fused-ring (bicyclic) bond motifs is 1. The maximum Gasteiger partial charge on any atom is 0.342 e. The SMILES string of the molecule is C[C@H]1CCCC(=O)CCC/C=C/c2cc(O)cc(O[C@@H]3O[C@H](CO)[C@@H](O)[C@H](O)[C@H]3O)c2C(=O)O1. The number of aromatic hydroxyl groups is 1. The predicted octanol–water partition coefficient (Wildman–Crippen LogP) is 1.05. The van der Waals surface area contributed by atoms with Crippen molar-refractivity contribution in [3.8, 4) is 11.5 Å². The Bertz CT molecular complexity index is 896. The Labute approximate surface area is 197 Å². The van der Waals surface area contributed by atoms with E-state index in [2.05, 4.69) is 0 Å². The van der Waals surface area contributed by atoms with Gasteiger partial charge in [0.15, 0.2) is 0 Å². The van der Waals surface area contributed by atoms with E-state index >= 15 is 0 Å². The fraction of sp³-hybridized carbons (Fsp3) is 0.583. The largest absolute Gasteiger partial charge is 0.508 e. The number of hydrogen-bond acceptors (Lipinski definition) is 10. The van der Waals surface area contributed by atoms with E-state index in [4.69, 9.17) is 14.2 Å². The van der Waals surface area contributed by atoms with E-state index in [1.54, 1.807) is 19.1 Å². The summed E-state index contributed by atoms with van der Waals surface area (Å²) in [6.45, 7) is 1.07. The van der Waals surface area contributed by atoms with Crippen LogP contribution in [0.5, 0.6) is 11.5 Å². The summed E-state index contributed by atoms with van der Waals surface area (Å²) in [5.74, 6) is -0.976. The molecule has 1 fully saturated rings. The highest BCUT2D eigenvalue weighted by Crippen LogP contribution is 2.34. The standard InChI is InChI=1S/C24H32O10/c1-13-6-5-9-15(26)8-4-2-3-7-14-10-16(27)11-17(19(14)23(31)32-13)33-24-22(30)21(29)20(28)18(12-25)34-24/h3,7,10-11,13,18,20-22,24-25,27-30H,2,4-6,8-9,12H2,1H3/b7-3+/t13-,18+,20+,21-,22+,24+/m0/s1. The number of allylic oxidation sites excluding steroid dienone is 1. The number of hydrogen-bond donors (Lipinski definition) is 5. The van der Waals surface area contributed by atoms with Crippen LogP contribution >= 0.6 is 0 Å². The van der Waals surface area contributed by atoms with E-state index in [9.17, 15) is 35.1 Å². The molecule has 2 aliphatic heterocycles. The molecular formula is C24H32O10. The summed E-state index contributed by atoms with van der Waals surface area (Å²) in [6, 6.07) is 2.51. The number of ketones is 1. The first-order chi connectivity index (χ1) is 16.2. The van der Waals surface area contributed by atoms with Crippen LogP contribution in [-0.2, 0) is 14.3 Å². The van der Waals surface area contributed by atoms with Crippen LogP contribution in [0.15, 0.2) is 18.2 Å². The minimum Gasteiger partial charge on any atom is -0.508 e. The van der Waals surface area contributed by atoms with E-state index in [1.165, 1.54) is 6.07 Å². The number of rotatable bonds is 3. The van der Waals surface area contributed by atoms with Crippen LogP contribution in [0.25, 0.3) is 6.08 Å². The highest BCUT2D eigenvalue weighted by Gasteiger charge is 2.45. The molecule has 34 heavy (non-hydrogen) atoms. The second kappa shape index (κ2) is 11.8. The lowest BCUT2D eigenvalue weighted by molar-refractivity contribution is -0.277. The quantitative estimate of drug-likeness (QED) is 0.395. The summed E-state index contributed by atoms with van der Waals surface area (Å²) in [5.41, 5.74) is 0.270. The fourth-order valence-electron chi connectivity index (χ4n) is 3.99. The Kier molecular flexibility index (Phi) is 9.03. The van der Waals surface area contributed by atoms with Crippen molar-refractivity contribution in [3.63, 3.8) is 0 Å². The van der Waals surface area contributed by atoms with E-state index in [0.717, 1.165) is 6.07 Å². The number of ether oxygens (including phenoxy) is 3. The molecule has 0 radical (unpaired) electrons. The lowest BCUT2D eigenvalue weighted by Gasteiger charge is -2.39. The number of esters is 1. The van der Waals surface area contributed by atoms with Gasteiger partial charge in [-0.3, -0.25) is 4.79 Å². The van der Waals surface area contributed by atoms with Crippen LogP contribution in [-0.4, -0.2) is 80.7 Å². The summed E-state index contributed by atoms with van der Waals surface area (Å²) in [5, 5.41) is 50.0. The van der Waals surface area contributed by atoms with Crippen LogP contribution in [0.3, 0.4) is 0 Å². The summed E-state index contributed by atoms with van der Waals surface area (Å²) in [4.78, 5) is 25.1. The van der Waals surface area contributed by atoms with Gasteiger partial charge in [-0.15, -0.1) is 0 Å². The molecule has 1 aromatic carbocycles. The smallest absolute Gasteiger partial charge is 0.342 e. The molecule has 0 aliphatic carbocycles. The molecule has 10 heteroatoms. The average molecular weight is 481 g/mol. The Balaban J connectivity index is 1.96. The predicted molar refractivity (Wildman–Crippen MR) is 119 cm³/mol. The zero-order valence-electron chi connectivity index (χ0n) is 19.0. The molecule has 1 saturated heterocycles. The first kappa shape index (κ1) is 26.1. The molecule has 6 atom stereocenters. The van der Waals surface area contributed by atoms with Gasteiger partial charge in [0.25, 0.3) is 0 Å². The van der Waals surface area contributed by atoms with Gasteiger partial charge in [0, 0.05) is 18.9 Å². The van der Waals surface area contributed by atoms with Crippen LogP contribution < -0.4 is 4.74 Å². The molecule has 3 rings (SSSR count). The maximum atomic E-state index is 13.1. The fourth-order valence-corrected chi connectivity index (χ4v) is 3.99. The number of cyclic esters (lactones) is 1. The van der Waals surface area contributed by atoms with Crippen molar-refractivity contribution in [2.45, 2.75) is 82.3 Å². The summed E-state index contributed by atoms with van der Waals surface area (Å²) in [6.07, 6.45) is -1.63. The third-order valence-electron chi connectivity index (χ3n) is 5.91. The van der Waals surface area contributed by atoms with Crippen molar-refractivity contribution >= 4 is 17.8 Å². The molecule has 1 aromatic rings. The number of aliphatic hydroxyl groups excluding tert-OH is 4. The minimum absolute atomic E-state index is 0.0222. The lowest BCUT2D eigenvalue weighted by Crippen LogP contribution is -2.60. The number of phenols is 1. The lowest BCUT2D eigenvalue weighted by atomic mass is 9.99. The van der Waals surface area contributed by atoms with Crippen molar-refractivity contribution in [1.82, 2.24) is 0 Å². The molecule has 0 aromatic heterocycles. The minimum atomic E-state index is -1.70. The van der Waals surface area contributed by atoms with Gasteiger partial charge in [-0.05, 0) is 44.2 Å². The molecular weight excluding hydrogens is 448 g/mol. The number of phenolic OH excluding ortho intramolecular Hbond substituents is 1. The van der Waals surface area contributed by atoms with Crippen LogP contribution in [0.2, 0.25) is 0 Å². The second-order valence-corrected chi connectivity index (χ2v) is 8.66. The third kappa shape index (κ3) is 6.34. The topological polar surface area (TPSA) is 163 Å². The molecule has 0 spiro atoms. The van der Waals surface area contributed by atoms with Crippen molar-refractivity contribution in [1.29, 1.82) is 0 Å². The molecule has 10 nitrogen and oxygen atoms in total. The highest BCUT2D eigenvalue weighted by molar-refractivity contribution is 5.97. The van der Waals surface area contributed by atoms with Gasteiger partial charge in [-0.25, -0.2) is 4.79 Å². The number of carbonyl (C=O) groups excluding carboxylic acids is 2. The Morgan fingerprint density at radius 1 is 1.06 bits per heavy atom. The molecule has 5 N–H and O–H groups in total. The van der Waals surface area contributed by atoms with Crippen LogP contribution in [0, 0.1) is 0 Å². The zero-order valence-corrected chi connectivity index (χ0v) is 19.0. The Morgan fingerprint density at radius 2 is 1.79 bits per heavy atom. The monoisotopic (exact) mass is 480 g/mol. The number of Topliss-reactive ketones (excluding diaryl/α,β-unsaturated/α-hetero) is 1. The van der Waals surface area contributed by atoms with E-state index in [0.29, 0.717) is 44.1 Å². The van der Waals surface area contributed by atoms with Gasteiger partial charge >= 0.3 is 5.97 Å². The van der Waals surface area contributed by atoms with Gasteiger partial charge in [-0.1, -0.05) is 12.2 Å². The van der Waals surface area contributed by atoms with Gasteiger partial charge in [0.2, 0.25) is 6.29 Å². The summed E-state index contributed by atoms with van der Waals surface area (Å²) < 4.78 is 16.6. The molecule has 0 bridgehead atoms. The van der Waals surface area contributed by atoms with Crippen molar-refractivity contribution in [2.75, 3.05) is 6.61 Å². The van der Waals surface area contributed by atoms with Crippen LogP contribution in [0.4, 0.5) is 0 Å². The maximum absolute atomic E-state index is 13.1. The molecule has 0 saturated carbocycles. The van der Waals surface area contributed by atoms with Crippen molar-refractivity contribution in [3.05, 3.63) is 29.3 Å². The van der Waals surface area contributed by atoms with Gasteiger partial charge in [-0.2, -0.15) is 0 Å². The Morgan fingerprint density at radius 3 is 2.53 bits per heavy atom. The molecule has 2 heterocycles. The number of aliphatic hydroxyl groups is 4.